The minimum atomic E-state index is 0.331. The topological polar surface area (TPSA) is 9.23 Å². The fourth-order valence-electron chi connectivity index (χ4n) is 2.36. The van der Waals surface area contributed by atoms with Gasteiger partial charge in [0.05, 0.1) is 6.26 Å². The monoisotopic (exact) mass is 198 g/mol. The molecule has 0 bridgehead atoms. The molecule has 0 fully saturated rings. The Morgan fingerprint density at radius 3 is 2.87 bits per heavy atom. The third-order valence-electron chi connectivity index (χ3n) is 3.22. The van der Waals surface area contributed by atoms with Gasteiger partial charge in [0, 0.05) is 5.92 Å². The van der Waals surface area contributed by atoms with Crippen LogP contribution in [0.5, 0.6) is 0 Å². The largest absolute Gasteiger partial charge is 0.493 e. The maximum atomic E-state index is 5.72. The number of rotatable bonds is 1. The van der Waals surface area contributed by atoms with E-state index in [0.29, 0.717) is 12.0 Å². The number of ether oxygens (including phenoxy) is 1. The van der Waals surface area contributed by atoms with Gasteiger partial charge in [-0.25, -0.2) is 0 Å². The maximum absolute atomic E-state index is 5.72. The third-order valence-corrected chi connectivity index (χ3v) is 3.22. The molecule has 1 heterocycles. The van der Waals surface area contributed by atoms with Crippen LogP contribution in [0, 0.1) is 5.92 Å². The highest BCUT2D eigenvalue weighted by Crippen LogP contribution is 2.36. The van der Waals surface area contributed by atoms with Gasteiger partial charge in [-0.2, -0.15) is 0 Å². The van der Waals surface area contributed by atoms with Gasteiger partial charge in [0.2, 0.25) is 0 Å². The van der Waals surface area contributed by atoms with Crippen LogP contribution in [-0.2, 0) is 4.74 Å². The van der Waals surface area contributed by atoms with Crippen molar-refractivity contribution in [2.45, 2.75) is 18.9 Å². The zero-order valence-electron chi connectivity index (χ0n) is 8.60. The first-order valence-electron chi connectivity index (χ1n) is 5.50. The van der Waals surface area contributed by atoms with E-state index in [4.69, 9.17) is 4.74 Å². The Morgan fingerprint density at radius 1 is 1.13 bits per heavy atom. The summed E-state index contributed by atoms with van der Waals surface area (Å²) in [7, 11) is 0. The van der Waals surface area contributed by atoms with Crippen molar-refractivity contribution in [3.05, 3.63) is 54.3 Å². The standard InChI is InChI=1S/C14H14O/c1-2-5-11(6-3-1)13-9-12-7-4-8-14(12)15-10-13/h1-6,8,10,12,14H,7,9H2/t12-,14-/m0/s1. The Bertz CT molecular complexity index is 403. The van der Waals surface area contributed by atoms with Crippen LogP contribution >= 0.6 is 0 Å². The maximum Gasteiger partial charge on any atom is 0.119 e. The molecule has 1 aliphatic carbocycles. The zero-order chi connectivity index (χ0) is 10.1. The van der Waals surface area contributed by atoms with Gasteiger partial charge in [0.15, 0.2) is 0 Å². The molecule has 2 aliphatic rings. The molecule has 2 atom stereocenters. The van der Waals surface area contributed by atoms with Crippen LogP contribution in [0.15, 0.2) is 48.7 Å². The first-order chi connectivity index (χ1) is 7.43. The molecule has 0 amide bonds. The summed E-state index contributed by atoms with van der Waals surface area (Å²) in [5.41, 5.74) is 2.63. The van der Waals surface area contributed by atoms with E-state index in [-0.39, 0.29) is 0 Å². The minimum absolute atomic E-state index is 0.331. The Labute approximate surface area is 90.1 Å². The van der Waals surface area contributed by atoms with Crippen LogP contribution in [-0.4, -0.2) is 6.10 Å². The Morgan fingerprint density at radius 2 is 2.00 bits per heavy atom. The predicted octanol–water partition coefficient (Wildman–Crippen LogP) is 3.39. The molecule has 1 heteroatoms. The van der Waals surface area contributed by atoms with E-state index in [2.05, 4.69) is 36.4 Å². The summed E-state index contributed by atoms with van der Waals surface area (Å²) in [6.07, 6.45) is 8.99. The molecule has 0 aromatic heterocycles. The summed E-state index contributed by atoms with van der Waals surface area (Å²) in [5.74, 6) is 0.658. The number of benzene rings is 1. The van der Waals surface area contributed by atoms with Crippen molar-refractivity contribution in [3.8, 4) is 0 Å². The van der Waals surface area contributed by atoms with Gasteiger partial charge in [-0.1, -0.05) is 36.4 Å². The molecule has 0 N–H and O–H groups in total. The first-order valence-corrected chi connectivity index (χ1v) is 5.50. The molecule has 0 radical (unpaired) electrons. The molecule has 15 heavy (non-hydrogen) atoms. The number of hydrogen-bond donors (Lipinski definition) is 0. The number of hydrogen-bond acceptors (Lipinski definition) is 1. The van der Waals surface area contributed by atoms with Gasteiger partial charge in [0.1, 0.15) is 6.10 Å². The van der Waals surface area contributed by atoms with Crippen molar-refractivity contribution in [2.75, 3.05) is 0 Å². The average molecular weight is 198 g/mol. The fourth-order valence-corrected chi connectivity index (χ4v) is 2.36. The zero-order valence-corrected chi connectivity index (χ0v) is 8.60. The van der Waals surface area contributed by atoms with Gasteiger partial charge in [-0.15, -0.1) is 0 Å². The van der Waals surface area contributed by atoms with E-state index < -0.39 is 0 Å². The van der Waals surface area contributed by atoms with Gasteiger partial charge in [-0.05, 0) is 30.1 Å². The fraction of sp³-hybridized carbons (Fsp3) is 0.286. The van der Waals surface area contributed by atoms with Gasteiger partial charge < -0.3 is 4.74 Å². The highest BCUT2D eigenvalue weighted by molar-refractivity contribution is 5.65. The SMILES string of the molecule is C1=C[C@@H]2OC=C(c3ccccc3)C[C@@H]2C1. The van der Waals surface area contributed by atoms with Crippen LogP contribution in [0.1, 0.15) is 18.4 Å². The summed E-state index contributed by atoms with van der Waals surface area (Å²) in [5, 5.41) is 0. The van der Waals surface area contributed by atoms with Crippen LogP contribution in [0.2, 0.25) is 0 Å². The van der Waals surface area contributed by atoms with E-state index >= 15 is 0 Å². The molecule has 0 spiro atoms. The molecular weight excluding hydrogens is 184 g/mol. The van der Waals surface area contributed by atoms with E-state index in [1.54, 1.807) is 0 Å². The third kappa shape index (κ3) is 1.58. The second-order valence-electron chi connectivity index (χ2n) is 4.24. The van der Waals surface area contributed by atoms with Crippen LogP contribution in [0.4, 0.5) is 0 Å². The van der Waals surface area contributed by atoms with Gasteiger partial charge >= 0.3 is 0 Å². The van der Waals surface area contributed by atoms with Crippen molar-refractivity contribution in [2.24, 2.45) is 5.92 Å². The number of allylic oxidation sites excluding steroid dienone is 2. The smallest absolute Gasteiger partial charge is 0.119 e. The lowest BCUT2D eigenvalue weighted by Crippen LogP contribution is -2.20. The molecule has 3 rings (SSSR count). The Balaban J connectivity index is 1.85. The lowest BCUT2D eigenvalue weighted by molar-refractivity contribution is 0.127. The van der Waals surface area contributed by atoms with E-state index in [1.807, 2.05) is 12.3 Å². The highest BCUT2D eigenvalue weighted by atomic mass is 16.5. The average Bonchev–Trinajstić information content (AvgIpc) is 2.77. The Kier molecular flexibility index (Phi) is 2.09. The second-order valence-corrected chi connectivity index (χ2v) is 4.24. The van der Waals surface area contributed by atoms with Crippen molar-refractivity contribution in [1.82, 2.24) is 0 Å². The lowest BCUT2D eigenvalue weighted by atomic mass is 9.90. The number of fused-ring (bicyclic) bond motifs is 1. The van der Waals surface area contributed by atoms with Gasteiger partial charge in [-0.3, -0.25) is 0 Å². The normalized spacial score (nSPS) is 28.1. The van der Waals surface area contributed by atoms with Crippen LogP contribution in [0.3, 0.4) is 0 Å². The molecule has 0 unspecified atom stereocenters. The minimum Gasteiger partial charge on any atom is -0.493 e. The van der Waals surface area contributed by atoms with Crippen LogP contribution in [0.25, 0.3) is 5.57 Å². The van der Waals surface area contributed by atoms with E-state index in [9.17, 15) is 0 Å². The molecule has 1 aromatic rings. The Hall–Kier alpha value is -1.50. The summed E-state index contributed by atoms with van der Waals surface area (Å²) in [6, 6.07) is 10.5. The van der Waals surface area contributed by atoms with Gasteiger partial charge in [0.25, 0.3) is 0 Å². The highest BCUT2D eigenvalue weighted by Gasteiger charge is 2.28. The van der Waals surface area contributed by atoms with Crippen molar-refractivity contribution in [3.63, 3.8) is 0 Å². The molecule has 1 nitrogen and oxygen atoms in total. The second kappa shape index (κ2) is 3.58. The summed E-state index contributed by atoms with van der Waals surface area (Å²) in [6.45, 7) is 0. The van der Waals surface area contributed by atoms with Crippen molar-refractivity contribution < 1.29 is 4.74 Å². The van der Waals surface area contributed by atoms with E-state index in [0.717, 1.165) is 12.8 Å². The molecule has 0 saturated heterocycles. The first kappa shape index (κ1) is 8.78. The molecule has 76 valence electrons. The summed E-state index contributed by atoms with van der Waals surface area (Å²) >= 11 is 0. The molecule has 1 aliphatic heterocycles. The van der Waals surface area contributed by atoms with Crippen molar-refractivity contribution >= 4 is 5.57 Å². The van der Waals surface area contributed by atoms with Crippen LogP contribution < -0.4 is 0 Å². The summed E-state index contributed by atoms with van der Waals surface area (Å²) < 4.78 is 5.72. The van der Waals surface area contributed by atoms with E-state index in [1.165, 1.54) is 11.1 Å². The predicted molar refractivity (Wildman–Crippen MR) is 61.2 cm³/mol. The lowest BCUT2D eigenvalue weighted by Gasteiger charge is -2.26. The summed E-state index contributed by atoms with van der Waals surface area (Å²) in [4.78, 5) is 0. The quantitative estimate of drug-likeness (QED) is 0.628. The molecule has 0 saturated carbocycles. The molecule has 1 aromatic carbocycles. The molecular formula is C14H14O. The van der Waals surface area contributed by atoms with Crippen molar-refractivity contribution in [1.29, 1.82) is 0 Å².